The van der Waals surface area contributed by atoms with Gasteiger partial charge in [-0.2, -0.15) is 0 Å². The average Bonchev–Trinajstić information content (AvgIpc) is 2.73. The molecule has 0 radical (unpaired) electrons. The summed E-state index contributed by atoms with van der Waals surface area (Å²) in [6, 6.07) is 14.4. The Morgan fingerprint density at radius 1 is 1.05 bits per heavy atom. The van der Waals surface area contributed by atoms with Crippen molar-refractivity contribution >= 4 is 27.7 Å². The van der Waals surface area contributed by atoms with Crippen LogP contribution < -0.4 is 0 Å². The van der Waals surface area contributed by atoms with Crippen molar-refractivity contribution in [3.05, 3.63) is 59.7 Å². The van der Waals surface area contributed by atoms with Crippen LogP contribution in [-0.2, 0) is 16.4 Å². The van der Waals surface area contributed by atoms with Gasteiger partial charge in [-0.15, -0.1) is 11.8 Å². The molecule has 1 heterocycles. The molecule has 0 atom stereocenters. The molecular formula is C16H15NO3S2. The maximum absolute atomic E-state index is 12.6. The fraction of sp³-hybridized carbons (Fsp3) is 0.188. The SMILES string of the molecule is CCc1cccc2c1C(=O)N(CSc1ccccc1)S2(=O)=O. The molecule has 0 saturated heterocycles. The van der Waals surface area contributed by atoms with Crippen LogP contribution in [0.25, 0.3) is 0 Å². The highest BCUT2D eigenvalue weighted by molar-refractivity contribution is 8.00. The lowest BCUT2D eigenvalue weighted by molar-refractivity contribution is 0.0886. The van der Waals surface area contributed by atoms with Crippen LogP contribution >= 0.6 is 11.8 Å². The smallest absolute Gasteiger partial charge is 0.268 e. The lowest BCUT2D eigenvalue weighted by Crippen LogP contribution is -2.29. The Labute approximate surface area is 134 Å². The largest absolute Gasteiger partial charge is 0.270 e. The molecule has 114 valence electrons. The molecule has 2 aromatic carbocycles. The van der Waals surface area contributed by atoms with E-state index in [9.17, 15) is 13.2 Å². The molecule has 0 bridgehead atoms. The Bertz CT molecular complexity index is 817. The minimum atomic E-state index is -3.74. The summed E-state index contributed by atoms with van der Waals surface area (Å²) in [7, 11) is -3.74. The molecule has 0 saturated carbocycles. The summed E-state index contributed by atoms with van der Waals surface area (Å²) in [6.07, 6.45) is 0.629. The van der Waals surface area contributed by atoms with Gasteiger partial charge in [-0.1, -0.05) is 37.3 Å². The zero-order valence-corrected chi connectivity index (χ0v) is 13.7. The Morgan fingerprint density at radius 2 is 1.77 bits per heavy atom. The molecule has 0 unspecified atom stereocenters. The predicted molar refractivity (Wildman–Crippen MR) is 86.3 cm³/mol. The van der Waals surface area contributed by atoms with E-state index < -0.39 is 15.9 Å². The Kier molecular flexibility index (Phi) is 3.97. The molecule has 1 aliphatic rings. The minimum absolute atomic E-state index is 0.0863. The van der Waals surface area contributed by atoms with Gasteiger partial charge < -0.3 is 0 Å². The first kappa shape index (κ1) is 15.1. The first-order chi connectivity index (χ1) is 10.6. The Hall–Kier alpha value is -1.79. The monoisotopic (exact) mass is 333 g/mol. The number of fused-ring (bicyclic) bond motifs is 1. The van der Waals surface area contributed by atoms with Gasteiger partial charge in [0, 0.05) is 4.90 Å². The molecule has 1 aliphatic heterocycles. The molecule has 6 heteroatoms. The maximum atomic E-state index is 12.6. The van der Waals surface area contributed by atoms with E-state index in [1.807, 2.05) is 37.3 Å². The van der Waals surface area contributed by atoms with E-state index in [1.54, 1.807) is 12.1 Å². The van der Waals surface area contributed by atoms with Crippen molar-refractivity contribution in [2.75, 3.05) is 5.88 Å². The second-order valence-corrected chi connectivity index (χ2v) is 7.74. The van der Waals surface area contributed by atoms with Crippen LogP contribution in [0.1, 0.15) is 22.8 Å². The van der Waals surface area contributed by atoms with E-state index in [0.29, 0.717) is 12.0 Å². The van der Waals surface area contributed by atoms with Crippen molar-refractivity contribution in [1.29, 1.82) is 0 Å². The highest BCUT2D eigenvalue weighted by atomic mass is 32.2. The van der Waals surface area contributed by atoms with Crippen LogP contribution in [0, 0.1) is 0 Å². The van der Waals surface area contributed by atoms with Crippen LogP contribution in [0.15, 0.2) is 58.3 Å². The van der Waals surface area contributed by atoms with Crippen LogP contribution in [0.4, 0.5) is 0 Å². The summed E-state index contributed by atoms with van der Waals surface area (Å²) in [5.41, 5.74) is 1.11. The second-order valence-electron chi connectivity index (χ2n) is 4.89. The lowest BCUT2D eigenvalue weighted by atomic mass is 10.0. The molecule has 0 aliphatic carbocycles. The molecule has 0 N–H and O–H groups in total. The Morgan fingerprint density at radius 3 is 2.45 bits per heavy atom. The van der Waals surface area contributed by atoms with E-state index in [2.05, 4.69) is 0 Å². The lowest BCUT2D eigenvalue weighted by Gasteiger charge is -2.14. The maximum Gasteiger partial charge on any atom is 0.270 e. The zero-order chi connectivity index (χ0) is 15.7. The molecule has 0 aromatic heterocycles. The molecule has 4 nitrogen and oxygen atoms in total. The predicted octanol–water partition coefficient (Wildman–Crippen LogP) is 3.14. The van der Waals surface area contributed by atoms with Crippen molar-refractivity contribution in [3.63, 3.8) is 0 Å². The number of benzene rings is 2. The number of sulfonamides is 1. The minimum Gasteiger partial charge on any atom is -0.268 e. The van der Waals surface area contributed by atoms with Crippen LogP contribution in [0.3, 0.4) is 0 Å². The molecule has 0 fully saturated rings. The third-order valence-corrected chi connectivity index (χ3v) is 6.52. The van der Waals surface area contributed by atoms with E-state index in [0.717, 1.165) is 14.8 Å². The van der Waals surface area contributed by atoms with Gasteiger partial charge in [0.05, 0.1) is 11.4 Å². The van der Waals surface area contributed by atoms with E-state index in [-0.39, 0.29) is 10.8 Å². The number of carbonyl (C=O) groups excluding carboxylic acids is 1. The number of aryl methyl sites for hydroxylation is 1. The first-order valence-corrected chi connectivity index (χ1v) is 9.35. The molecular weight excluding hydrogens is 318 g/mol. The standard InChI is InChI=1S/C16H15NO3S2/c1-2-12-7-6-10-14-15(12)16(18)17(22(14,19)20)11-21-13-8-4-3-5-9-13/h3-10H,2,11H2,1H3. The number of carbonyl (C=O) groups is 1. The van der Waals surface area contributed by atoms with Crippen molar-refractivity contribution in [1.82, 2.24) is 4.31 Å². The molecule has 2 aromatic rings. The van der Waals surface area contributed by atoms with Gasteiger partial charge in [-0.3, -0.25) is 4.79 Å². The van der Waals surface area contributed by atoms with Gasteiger partial charge in [0.2, 0.25) is 0 Å². The van der Waals surface area contributed by atoms with Gasteiger partial charge in [-0.25, -0.2) is 12.7 Å². The molecule has 3 rings (SSSR count). The summed E-state index contributed by atoms with van der Waals surface area (Å²) in [5, 5.41) is 0. The normalized spacial score (nSPS) is 15.9. The summed E-state index contributed by atoms with van der Waals surface area (Å²) >= 11 is 1.33. The number of hydrogen-bond donors (Lipinski definition) is 0. The second kappa shape index (κ2) is 5.78. The molecule has 0 spiro atoms. The van der Waals surface area contributed by atoms with Crippen LogP contribution in [0.2, 0.25) is 0 Å². The van der Waals surface area contributed by atoms with E-state index in [1.165, 1.54) is 17.8 Å². The van der Waals surface area contributed by atoms with Gasteiger partial charge in [0.15, 0.2) is 0 Å². The van der Waals surface area contributed by atoms with Crippen molar-refractivity contribution < 1.29 is 13.2 Å². The summed E-state index contributed by atoms with van der Waals surface area (Å²) in [4.78, 5) is 13.6. The fourth-order valence-electron chi connectivity index (χ4n) is 2.46. The Balaban J connectivity index is 1.93. The number of thioether (sulfide) groups is 1. The summed E-state index contributed by atoms with van der Waals surface area (Å²) in [5.74, 6) is -0.334. The fourth-order valence-corrected chi connectivity index (χ4v) is 5.18. The summed E-state index contributed by atoms with van der Waals surface area (Å²) < 4.78 is 26.1. The van der Waals surface area contributed by atoms with Crippen LogP contribution in [-0.4, -0.2) is 24.5 Å². The molecule has 22 heavy (non-hydrogen) atoms. The quantitative estimate of drug-likeness (QED) is 0.807. The summed E-state index contributed by atoms with van der Waals surface area (Å²) in [6.45, 7) is 1.91. The van der Waals surface area contributed by atoms with Gasteiger partial charge >= 0.3 is 0 Å². The molecule has 1 amide bonds. The van der Waals surface area contributed by atoms with Gasteiger partial charge in [0.25, 0.3) is 15.9 Å². The third-order valence-electron chi connectivity index (χ3n) is 3.59. The third kappa shape index (κ3) is 2.42. The zero-order valence-electron chi connectivity index (χ0n) is 12.0. The van der Waals surface area contributed by atoms with Gasteiger partial charge in [-0.05, 0) is 30.2 Å². The number of amides is 1. The first-order valence-electron chi connectivity index (χ1n) is 6.92. The highest BCUT2D eigenvalue weighted by Crippen LogP contribution is 2.34. The van der Waals surface area contributed by atoms with E-state index >= 15 is 0 Å². The number of hydrogen-bond acceptors (Lipinski definition) is 4. The topological polar surface area (TPSA) is 54.5 Å². The van der Waals surface area contributed by atoms with Crippen LogP contribution in [0.5, 0.6) is 0 Å². The highest BCUT2D eigenvalue weighted by Gasteiger charge is 2.42. The van der Waals surface area contributed by atoms with Crippen molar-refractivity contribution in [3.8, 4) is 0 Å². The number of rotatable bonds is 4. The number of nitrogens with zero attached hydrogens (tertiary/aromatic N) is 1. The van der Waals surface area contributed by atoms with Crippen molar-refractivity contribution in [2.45, 2.75) is 23.1 Å². The van der Waals surface area contributed by atoms with Gasteiger partial charge in [0.1, 0.15) is 4.90 Å². The van der Waals surface area contributed by atoms with Crippen molar-refractivity contribution in [2.24, 2.45) is 0 Å². The van der Waals surface area contributed by atoms with E-state index in [4.69, 9.17) is 0 Å². The average molecular weight is 333 g/mol.